The summed E-state index contributed by atoms with van der Waals surface area (Å²) in [6.07, 6.45) is 4.80. The third-order valence-corrected chi connectivity index (χ3v) is 6.43. The maximum absolute atomic E-state index is 13.3. The lowest BCUT2D eigenvalue weighted by Crippen LogP contribution is -2.29. The van der Waals surface area contributed by atoms with Gasteiger partial charge in [-0.2, -0.15) is 0 Å². The highest BCUT2D eigenvalue weighted by molar-refractivity contribution is 6.51. The molecule has 1 unspecified atom stereocenters. The van der Waals surface area contributed by atoms with Crippen molar-refractivity contribution in [1.29, 1.82) is 0 Å². The summed E-state index contributed by atoms with van der Waals surface area (Å²) in [5, 5.41) is 11.3. The molecule has 1 fully saturated rings. The molecule has 1 atom stereocenters. The first-order chi connectivity index (χ1) is 18.9. The number of carbonyl (C=O) groups excluding carboxylic acids is 3. The Morgan fingerprint density at radius 2 is 1.72 bits per heavy atom. The minimum Gasteiger partial charge on any atom is -0.507 e. The number of esters is 1. The molecule has 1 amide bonds. The van der Waals surface area contributed by atoms with E-state index in [9.17, 15) is 19.5 Å². The zero-order valence-corrected chi connectivity index (χ0v) is 22.1. The van der Waals surface area contributed by atoms with Crippen LogP contribution in [0.25, 0.3) is 5.76 Å². The maximum atomic E-state index is 13.3. The molecule has 1 aliphatic heterocycles. The van der Waals surface area contributed by atoms with Crippen molar-refractivity contribution >= 4 is 29.1 Å². The number of carbonyl (C=O) groups is 3. The number of hydrogen-bond acceptors (Lipinski definition) is 7. The Kier molecular flexibility index (Phi) is 9.10. The fourth-order valence-corrected chi connectivity index (χ4v) is 4.48. The second kappa shape index (κ2) is 12.9. The minimum atomic E-state index is -0.938. The van der Waals surface area contributed by atoms with Crippen LogP contribution < -0.4 is 9.64 Å². The van der Waals surface area contributed by atoms with Crippen molar-refractivity contribution in [3.63, 3.8) is 0 Å². The van der Waals surface area contributed by atoms with Crippen LogP contribution in [0.3, 0.4) is 0 Å². The fourth-order valence-electron chi connectivity index (χ4n) is 4.48. The molecule has 2 aromatic carbocycles. The van der Waals surface area contributed by atoms with Gasteiger partial charge in [0.05, 0.1) is 30.9 Å². The maximum Gasteiger partial charge on any atom is 0.310 e. The number of anilines is 1. The number of unbranched alkanes of at least 4 members (excludes halogenated alkanes) is 2. The van der Waals surface area contributed by atoms with E-state index in [0.29, 0.717) is 41.5 Å². The minimum absolute atomic E-state index is 0.0501. The first kappa shape index (κ1) is 27.6. The summed E-state index contributed by atoms with van der Waals surface area (Å²) in [7, 11) is 0. The Balaban J connectivity index is 1.68. The number of pyridine rings is 1. The van der Waals surface area contributed by atoms with E-state index in [-0.39, 0.29) is 23.7 Å². The van der Waals surface area contributed by atoms with Gasteiger partial charge < -0.3 is 14.6 Å². The lowest BCUT2D eigenvalue weighted by Gasteiger charge is -2.24. The number of benzene rings is 2. The number of nitrogens with zero attached hydrogens (tertiary/aromatic N) is 2. The van der Waals surface area contributed by atoms with Crippen molar-refractivity contribution in [2.75, 3.05) is 18.1 Å². The molecule has 1 aromatic heterocycles. The lowest BCUT2D eigenvalue weighted by molar-refractivity contribution is -0.142. The number of aliphatic hydroxyl groups is 1. The highest BCUT2D eigenvalue weighted by Gasteiger charge is 2.47. The van der Waals surface area contributed by atoms with E-state index < -0.39 is 17.7 Å². The fraction of sp³-hybridized carbons (Fsp3) is 0.290. The molecule has 1 aliphatic rings. The third kappa shape index (κ3) is 6.34. The smallest absolute Gasteiger partial charge is 0.310 e. The van der Waals surface area contributed by atoms with Crippen LogP contribution in [0.2, 0.25) is 0 Å². The van der Waals surface area contributed by atoms with E-state index in [2.05, 4.69) is 11.9 Å². The number of ketones is 1. The van der Waals surface area contributed by atoms with Gasteiger partial charge in [0.25, 0.3) is 11.7 Å². The van der Waals surface area contributed by atoms with Gasteiger partial charge >= 0.3 is 5.97 Å². The SMILES string of the molecule is CCCCCOc1ccc(/C(O)=C2/C(=O)C(=O)N(c3ccc(CC(=O)OCC)cc3)C2c2ccccn2)cc1. The molecule has 0 aliphatic carbocycles. The van der Waals surface area contributed by atoms with Crippen LogP contribution in [0.15, 0.2) is 78.5 Å². The molecule has 0 radical (unpaired) electrons. The van der Waals surface area contributed by atoms with E-state index in [1.807, 2.05) is 0 Å². The Morgan fingerprint density at radius 1 is 0.974 bits per heavy atom. The summed E-state index contributed by atoms with van der Waals surface area (Å²) < 4.78 is 10.8. The number of Topliss-reactive ketones (excluding diaryl/α,β-unsaturated/α-hetero) is 1. The molecule has 0 saturated carbocycles. The zero-order chi connectivity index (χ0) is 27.8. The van der Waals surface area contributed by atoms with Crippen LogP contribution >= 0.6 is 0 Å². The van der Waals surface area contributed by atoms with E-state index in [1.165, 1.54) is 4.90 Å². The topological polar surface area (TPSA) is 106 Å². The molecule has 39 heavy (non-hydrogen) atoms. The normalized spacial score (nSPS) is 16.4. The van der Waals surface area contributed by atoms with Crippen molar-refractivity contribution in [2.45, 2.75) is 45.6 Å². The van der Waals surface area contributed by atoms with Crippen molar-refractivity contribution < 1.29 is 29.0 Å². The van der Waals surface area contributed by atoms with Crippen molar-refractivity contribution in [3.8, 4) is 5.75 Å². The van der Waals surface area contributed by atoms with Crippen molar-refractivity contribution in [2.24, 2.45) is 0 Å². The highest BCUT2D eigenvalue weighted by atomic mass is 16.5. The summed E-state index contributed by atoms with van der Waals surface area (Å²) in [4.78, 5) is 44.2. The average molecular weight is 529 g/mol. The largest absolute Gasteiger partial charge is 0.507 e. The Labute approximate surface area is 227 Å². The Bertz CT molecular complexity index is 1330. The van der Waals surface area contributed by atoms with Gasteiger partial charge in [0.2, 0.25) is 0 Å². The highest BCUT2D eigenvalue weighted by Crippen LogP contribution is 2.41. The van der Waals surface area contributed by atoms with Gasteiger partial charge in [0.1, 0.15) is 17.6 Å². The summed E-state index contributed by atoms with van der Waals surface area (Å²) in [5.41, 5.74) is 1.92. The molecule has 8 nitrogen and oxygen atoms in total. The molecule has 2 heterocycles. The van der Waals surface area contributed by atoms with Gasteiger partial charge in [0.15, 0.2) is 0 Å². The van der Waals surface area contributed by atoms with Gasteiger partial charge in [-0.05, 0) is 67.4 Å². The van der Waals surface area contributed by atoms with Crippen LogP contribution in [0, 0.1) is 0 Å². The molecule has 4 rings (SSSR count). The van der Waals surface area contributed by atoms with Gasteiger partial charge in [-0.15, -0.1) is 0 Å². The predicted octanol–water partition coefficient (Wildman–Crippen LogP) is 5.38. The number of hydrogen-bond donors (Lipinski definition) is 1. The van der Waals surface area contributed by atoms with Crippen molar-refractivity contribution in [1.82, 2.24) is 4.98 Å². The first-order valence-electron chi connectivity index (χ1n) is 13.1. The van der Waals surface area contributed by atoms with Crippen LogP contribution in [0.4, 0.5) is 5.69 Å². The summed E-state index contributed by atoms with van der Waals surface area (Å²) in [5.74, 6) is -1.56. The monoisotopic (exact) mass is 528 g/mol. The molecule has 0 bridgehead atoms. The number of amides is 1. The van der Waals surface area contributed by atoms with Crippen LogP contribution in [-0.4, -0.2) is 41.0 Å². The van der Waals surface area contributed by atoms with Gasteiger partial charge in [0, 0.05) is 17.4 Å². The number of rotatable bonds is 11. The number of ether oxygens (including phenoxy) is 2. The molecule has 0 spiro atoms. The Hall–Kier alpha value is -4.46. The van der Waals surface area contributed by atoms with Crippen LogP contribution in [0.5, 0.6) is 5.75 Å². The average Bonchev–Trinajstić information content (AvgIpc) is 3.22. The van der Waals surface area contributed by atoms with Crippen molar-refractivity contribution in [3.05, 3.63) is 95.3 Å². The zero-order valence-electron chi connectivity index (χ0n) is 22.1. The molecule has 3 aromatic rings. The molecule has 8 heteroatoms. The summed E-state index contributed by atoms with van der Waals surface area (Å²) in [6, 6.07) is 17.8. The third-order valence-electron chi connectivity index (χ3n) is 6.43. The standard InChI is InChI=1S/C31H32N2O6/c1-3-5-8-19-39-24-16-12-22(13-17-24)29(35)27-28(25-9-6-7-18-32-25)33(31(37)30(27)36)23-14-10-21(11-15-23)20-26(34)38-4-2/h6-7,9-18,28,35H,3-5,8,19-20H2,1-2H3/b29-27-. The van der Waals surface area contributed by atoms with E-state index in [4.69, 9.17) is 9.47 Å². The Morgan fingerprint density at radius 3 is 2.36 bits per heavy atom. The molecule has 1 saturated heterocycles. The second-order valence-electron chi connectivity index (χ2n) is 9.15. The molecular weight excluding hydrogens is 496 g/mol. The van der Waals surface area contributed by atoms with Crippen LogP contribution in [-0.2, 0) is 25.5 Å². The van der Waals surface area contributed by atoms with E-state index in [1.54, 1.807) is 79.9 Å². The molecule has 1 N–H and O–H groups in total. The predicted molar refractivity (Wildman–Crippen MR) is 147 cm³/mol. The summed E-state index contributed by atoms with van der Waals surface area (Å²) >= 11 is 0. The lowest BCUT2D eigenvalue weighted by atomic mass is 9.98. The molecule has 202 valence electrons. The van der Waals surface area contributed by atoms with E-state index in [0.717, 1.165) is 19.3 Å². The number of aromatic nitrogens is 1. The quantitative estimate of drug-likeness (QED) is 0.117. The van der Waals surface area contributed by atoms with E-state index >= 15 is 0 Å². The van der Waals surface area contributed by atoms with Gasteiger partial charge in [-0.3, -0.25) is 24.3 Å². The molecular formula is C31H32N2O6. The summed E-state index contributed by atoms with van der Waals surface area (Å²) in [6.45, 7) is 4.76. The van der Waals surface area contributed by atoms with Gasteiger partial charge in [-0.25, -0.2) is 0 Å². The van der Waals surface area contributed by atoms with Gasteiger partial charge in [-0.1, -0.05) is 38.0 Å². The second-order valence-corrected chi connectivity index (χ2v) is 9.15. The van der Waals surface area contributed by atoms with Crippen LogP contribution in [0.1, 0.15) is 56.0 Å². The number of aliphatic hydroxyl groups excluding tert-OH is 1. The first-order valence-corrected chi connectivity index (χ1v) is 13.1.